The van der Waals surface area contributed by atoms with E-state index in [4.69, 9.17) is 5.11 Å². The number of carboxylic acids is 1. The number of hydrogen-bond donors (Lipinski definition) is 1. The van der Waals surface area contributed by atoms with Crippen molar-refractivity contribution in [2.24, 2.45) is 0 Å². The molecule has 0 saturated heterocycles. The number of rotatable bonds is 5. The molecule has 0 spiro atoms. The van der Waals surface area contributed by atoms with Crippen molar-refractivity contribution in [2.45, 2.75) is 26.7 Å². The predicted molar refractivity (Wildman–Crippen MR) is 62.0 cm³/mol. The fraction of sp³-hybridized carbons (Fsp3) is 0.600. The van der Waals surface area contributed by atoms with Crippen molar-refractivity contribution in [1.82, 2.24) is 4.98 Å². The first-order valence-corrected chi connectivity index (χ1v) is 5.85. The van der Waals surface area contributed by atoms with E-state index in [2.05, 4.69) is 4.98 Å². The highest BCUT2D eigenvalue weighted by atomic mass is 32.1. The molecule has 0 aliphatic carbocycles. The van der Waals surface area contributed by atoms with Gasteiger partial charge in [-0.1, -0.05) is 24.7 Å². The molecule has 1 aromatic heterocycles. The Kier molecular flexibility index (Phi) is 4.08. The van der Waals surface area contributed by atoms with Crippen LogP contribution in [-0.2, 0) is 6.42 Å². The third kappa shape index (κ3) is 2.68. The van der Waals surface area contributed by atoms with E-state index >= 15 is 0 Å². The Morgan fingerprint density at radius 3 is 2.67 bits per heavy atom. The van der Waals surface area contributed by atoms with Gasteiger partial charge in [-0.3, -0.25) is 0 Å². The zero-order valence-electron chi connectivity index (χ0n) is 9.28. The zero-order chi connectivity index (χ0) is 11.4. The van der Waals surface area contributed by atoms with Gasteiger partial charge in [0.1, 0.15) is 4.88 Å². The van der Waals surface area contributed by atoms with Crippen LogP contribution in [0.15, 0.2) is 0 Å². The van der Waals surface area contributed by atoms with Crippen LogP contribution in [0.2, 0.25) is 0 Å². The highest BCUT2D eigenvalue weighted by molar-refractivity contribution is 7.17. The third-order valence-corrected chi connectivity index (χ3v) is 3.37. The van der Waals surface area contributed by atoms with Gasteiger partial charge in [0, 0.05) is 13.6 Å². The second-order valence-corrected chi connectivity index (χ2v) is 4.32. The number of hydrogen-bond acceptors (Lipinski definition) is 4. The number of thiazole rings is 1. The Morgan fingerprint density at radius 2 is 2.20 bits per heavy atom. The number of nitrogens with zero attached hydrogens (tertiary/aromatic N) is 2. The highest BCUT2D eigenvalue weighted by Gasteiger charge is 2.17. The Hall–Kier alpha value is -1.10. The summed E-state index contributed by atoms with van der Waals surface area (Å²) in [5.74, 6) is -0.869. The first kappa shape index (κ1) is 12.0. The Bertz CT molecular complexity index is 349. The molecule has 0 amide bonds. The fourth-order valence-electron chi connectivity index (χ4n) is 1.21. The standard InChI is InChI=1S/C10H16N2O2S/c1-4-6-7-8(9(13)14)15-10(11-7)12(3)5-2/h4-6H2,1-3H3,(H,13,14). The lowest BCUT2D eigenvalue weighted by molar-refractivity contribution is 0.0700. The maximum absolute atomic E-state index is 11.0. The number of carboxylic acid groups (broad SMARTS) is 1. The summed E-state index contributed by atoms with van der Waals surface area (Å²) in [6, 6.07) is 0. The lowest BCUT2D eigenvalue weighted by atomic mass is 10.2. The van der Waals surface area contributed by atoms with E-state index in [9.17, 15) is 4.79 Å². The van der Waals surface area contributed by atoms with Crippen molar-refractivity contribution < 1.29 is 9.90 Å². The third-order valence-electron chi connectivity index (χ3n) is 2.17. The van der Waals surface area contributed by atoms with E-state index in [1.807, 2.05) is 25.8 Å². The van der Waals surface area contributed by atoms with E-state index in [0.29, 0.717) is 10.6 Å². The Balaban J connectivity index is 3.03. The van der Waals surface area contributed by atoms with Crippen molar-refractivity contribution in [3.63, 3.8) is 0 Å². The predicted octanol–water partition coefficient (Wildman–Crippen LogP) is 2.25. The maximum Gasteiger partial charge on any atom is 0.347 e. The lowest BCUT2D eigenvalue weighted by Crippen LogP contribution is -2.15. The largest absolute Gasteiger partial charge is 0.477 e. The van der Waals surface area contributed by atoms with Crippen LogP contribution in [-0.4, -0.2) is 29.7 Å². The van der Waals surface area contributed by atoms with Gasteiger partial charge in [-0.25, -0.2) is 9.78 Å². The summed E-state index contributed by atoms with van der Waals surface area (Å²) in [6.45, 7) is 4.87. The summed E-state index contributed by atoms with van der Waals surface area (Å²) in [5, 5.41) is 9.80. The van der Waals surface area contributed by atoms with Crippen molar-refractivity contribution in [2.75, 3.05) is 18.5 Å². The fourth-order valence-corrected chi connectivity index (χ4v) is 2.19. The minimum absolute atomic E-state index is 0.382. The molecule has 0 bridgehead atoms. The van der Waals surface area contributed by atoms with Crippen molar-refractivity contribution >= 4 is 22.4 Å². The number of aromatic nitrogens is 1. The molecule has 1 rings (SSSR count). The molecule has 0 fully saturated rings. The molecule has 84 valence electrons. The molecular formula is C10H16N2O2S. The Labute approximate surface area is 93.6 Å². The maximum atomic E-state index is 11.0. The lowest BCUT2D eigenvalue weighted by Gasteiger charge is -2.11. The molecule has 0 atom stereocenters. The molecule has 0 unspecified atom stereocenters. The normalized spacial score (nSPS) is 10.3. The van der Waals surface area contributed by atoms with E-state index in [1.165, 1.54) is 11.3 Å². The second-order valence-electron chi connectivity index (χ2n) is 3.34. The van der Waals surface area contributed by atoms with Gasteiger partial charge in [0.15, 0.2) is 5.13 Å². The van der Waals surface area contributed by atoms with Crippen molar-refractivity contribution in [3.8, 4) is 0 Å². The highest BCUT2D eigenvalue weighted by Crippen LogP contribution is 2.26. The summed E-state index contributed by atoms with van der Waals surface area (Å²) in [4.78, 5) is 17.7. The summed E-state index contributed by atoms with van der Waals surface area (Å²) >= 11 is 1.26. The summed E-state index contributed by atoms with van der Waals surface area (Å²) in [5.41, 5.74) is 0.713. The van der Waals surface area contributed by atoms with Crippen LogP contribution in [0.4, 0.5) is 5.13 Å². The van der Waals surface area contributed by atoms with Crippen LogP contribution >= 0.6 is 11.3 Å². The van der Waals surface area contributed by atoms with Crippen LogP contribution in [0.5, 0.6) is 0 Å². The van der Waals surface area contributed by atoms with Crippen LogP contribution < -0.4 is 4.90 Å². The van der Waals surface area contributed by atoms with Gasteiger partial charge in [-0.05, 0) is 13.3 Å². The van der Waals surface area contributed by atoms with Crippen molar-refractivity contribution in [1.29, 1.82) is 0 Å². The molecule has 1 aromatic rings. The van der Waals surface area contributed by atoms with Gasteiger partial charge in [-0.2, -0.15) is 0 Å². The molecule has 1 heterocycles. The molecule has 5 heteroatoms. The number of anilines is 1. The minimum atomic E-state index is -0.869. The van der Waals surface area contributed by atoms with Gasteiger partial charge in [0.2, 0.25) is 0 Å². The number of aromatic carboxylic acids is 1. The molecule has 0 aromatic carbocycles. The smallest absolute Gasteiger partial charge is 0.347 e. The van der Waals surface area contributed by atoms with Gasteiger partial charge >= 0.3 is 5.97 Å². The summed E-state index contributed by atoms with van der Waals surface area (Å²) < 4.78 is 0. The molecule has 0 aliphatic heterocycles. The number of carbonyl (C=O) groups is 1. The van der Waals surface area contributed by atoms with Gasteiger partial charge in [0.25, 0.3) is 0 Å². The van der Waals surface area contributed by atoms with E-state index in [0.717, 1.165) is 24.5 Å². The molecule has 0 aliphatic rings. The molecular weight excluding hydrogens is 212 g/mol. The number of aryl methyl sites for hydroxylation is 1. The van der Waals surface area contributed by atoms with E-state index in [1.54, 1.807) is 0 Å². The first-order valence-electron chi connectivity index (χ1n) is 5.04. The quantitative estimate of drug-likeness (QED) is 0.839. The average Bonchev–Trinajstić information content (AvgIpc) is 2.61. The minimum Gasteiger partial charge on any atom is -0.477 e. The van der Waals surface area contributed by atoms with Crippen LogP contribution in [0.1, 0.15) is 35.6 Å². The van der Waals surface area contributed by atoms with Crippen LogP contribution in [0.3, 0.4) is 0 Å². The molecule has 4 nitrogen and oxygen atoms in total. The monoisotopic (exact) mass is 228 g/mol. The van der Waals surface area contributed by atoms with Crippen LogP contribution in [0.25, 0.3) is 0 Å². The summed E-state index contributed by atoms with van der Waals surface area (Å²) in [6.07, 6.45) is 1.65. The topological polar surface area (TPSA) is 53.4 Å². The van der Waals surface area contributed by atoms with E-state index in [-0.39, 0.29) is 0 Å². The Morgan fingerprint density at radius 1 is 1.53 bits per heavy atom. The van der Waals surface area contributed by atoms with Crippen LogP contribution in [0, 0.1) is 0 Å². The molecule has 1 N–H and O–H groups in total. The zero-order valence-corrected chi connectivity index (χ0v) is 10.1. The second kappa shape index (κ2) is 5.11. The van der Waals surface area contributed by atoms with Crippen molar-refractivity contribution in [3.05, 3.63) is 10.6 Å². The van der Waals surface area contributed by atoms with Gasteiger partial charge < -0.3 is 10.0 Å². The molecule has 15 heavy (non-hydrogen) atoms. The summed E-state index contributed by atoms with van der Waals surface area (Å²) in [7, 11) is 1.92. The van der Waals surface area contributed by atoms with Gasteiger partial charge in [-0.15, -0.1) is 0 Å². The van der Waals surface area contributed by atoms with Gasteiger partial charge in [0.05, 0.1) is 5.69 Å². The molecule has 0 saturated carbocycles. The SMILES string of the molecule is CCCc1nc(N(C)CC)sc1C(=O)O. The first-order chi connectivity index (χ1) is 7.10. The molecule has 0 radical (unpaired) electrons. The average molecular weight is 228 g/mol. The van der Waals surface area contributed by atoms with E-state index < -0.39 is 5.97 Å².